The number of nitrogens with zero attached hydrogens (tertiary/aromatic N) is 5. The summed E-state index contributed by atoms with van der Waals surface area (Å²) in [6.07, 6.45) is 2.59. The Bertz CT molecular complexity index is 1040. The van der Waals surface area contributed by atoms with Gasteiger partial charge in [0.05, 0.1) is 18.9 Å². The number of aliphatic imine (C=N–C) groups is 1. The fraction of sp³-hybridized carbons (Fsp3) is 0.409. The Morgan fingerprint density at radius 3 is 2.83 bits per heavy atom. The van der Waals surface area contributed by atoms with Gasteiger partial charge in [0.1, 0.15) is 23.9 Å². The molecule has 3 heterocycles. The van der Waals surface area contributed by atoms with Gasteiger partial charge in [-0.2, -0.15) is 0 Å². The topological polar surface area (TPSA) is 80.7 Å². The Hall–Kier alpha value is -3.29. The van der Waals surface area contributed by atoms with Crippen molar-refractivity contribution in [1.82, 2.24) is 25.0 Å². The second-order valence-electron chi connectivity index (χ2n) is 7.59. The Labute approximate surface area is 176 Å². The zero-order chi connectivity index (χ0) is 21.1. The van der Waals surface area contributed by atoms with Gasteiger partial charge in [0.15, 0.2) is 11.8 Å². The molecule has 1 aromatic carbocycles. The minimum atomic E-state index is 0.128. The second-order valence-corrected chi connectivity index (χ2v) is 7.59. The normalized spacial score (nSPS) is 16.1. The number of rotatable bonds is 5. The number of furan rings is 1. The third-order valence-corrected chi connectivity index (χ3v) is 5.55. The van der Waals surface area contributed by atoms with Crippen LogP contribution in [0, 0.1) is 13.8 Å². The smallest absolute Gasteiger partial charge is 0.194 e. The maximum absolute atomic E-state index is 5.82. The first-order chi connectivity index (χ1) is 14.5. The molecule has 0 amide bonds. The molecule has 4 rings (SSSR count). The molecule has 0 spiro atoms. The molecule has 1 unspecified atom stereocenters. The summed E-state index contributed by atoms with van der Waals surface area (Å²) in [5.41, 5.74) is 2.28. The first kappa shape index (κ1) is 20.0. The molecule has 2 aromatic heterocycles. The van der Waals surface area contributed by atoms with Crippen LogP contribution in [0.3, 0.4) is 0 Å². The van der Waals surface area contributed by atoms with Gasteiger partial charge in [0, 0.05) is 38.2 Å². The first-order valence-corrected chi connectivity index (χ1v) is 10.1. The van der Waals surface area contributed by atoms with Crippen molar-refractivity contribution in [2.75, 3.05) is 13.7 Å². The SMILES string of the molecule is Cc1occc1CN(C)C(=NCc1nnc(C)n1C)NC1CCOc2ccccc21. The van der Waals surface area contributed by atoms with E-state index in [9.17, 15) is 0 Å². The zero-order valence-corrected chi connectivity index (χ0v) is 17.9. The molecule has 158 valence electrons. The first-order valence-electron chi connectivity index (χ1n) is 10.1. The predicted molar refractivity (Wildman–Crippen MR) is 114 cm³/mol. The van der Waals surface area contributed by atoms with Crippen LogP contribution in [-0.4, -0.2) is 39.3 Å². The van der Waals surface area contributed by atoms with Gasteiger partial charge in [-0.3, -0.25) is 0 Å². The summed E-state index contributed by atoms with van der Waals surface area (Å²) in [5.74, 6) is 4.35. The van der Waals surface area contributed by atoms with E-state index in [0.717, 1.165) is 46.7 Å². The van der Waals surface area contributed by atoms with E-state index >= 15 is 0 Å². The van der Waals surface area contributed by atoms with Crippen molar-refractivity contribution < 1.29 is 9.15 Å². The molecule has 8 heteroatoms. The lowest BCUT2D eigenvalue weighted by Gasteiger charge is -2.31. The number of nitrogens with one attached hydrogen (secondary N) is 1. The highest BCUT2D eigenvalue weighted by Gasteiger charge is 2.23. The van der Waals surface area contributed by atoms with E-state index in [0.29, 0.717) is 19.7 Å². The zero-order valence-electron chi connectivity index (χ0n) is 17.9. The summed E-state index contributed by atoms with van der Waals surface area (Å²) in [7, 11) is 3.99. The predicted octanol–water partition coefficient (Wildman–Crippen LogP) is 3.13. The maximum Gasteiger partial charge on any atom is 0.194 e. The summed E-state index contributed by atoms with van der Waals surface area (Å²) in [6, 6.07) is 10.3. The van der Waals surface area contributed by atoms with Crippen molar-refractivity contribution in [2.45, 2.75) is 39.4 Å². The Morgan fingerprint density at radius 1 is 1.27 bits per heavy atom. The van der Waals surface area contributed by atoms with Crippen LogP contribution in [0.25, 0.3) is 0 Å². The van der Waals surface area contributed by atoms with Gasteiger partial charge in [0.25, 0.3) is 0 Å². The Balaban J connectivity index is 1.59. The van der Waals surface area contributed by atoms with Crippen molar-refractivity contribution in [3.63, 3.8) is 0 Å². The molecule has 3 aromatic rings. The lowest BCUT2D eigenvalue weighted by atomic mass is 10.0. The summed E-state index contributed by atoms with van der Waals surface area (Å²) in [5, 5.41) is 12.0. The van der Waals surface area contributed by atoms with Gasteiger partial charge in [-0.15, -0.1) is 10.2 Å². The minimum Gasteiger partial charge on any atom is -0.493 e. The van der Waals surface area contributed by atoms with E-state index in [1.807, 2.05) is 56.8 Å². The minimum absolute atomic E-state index is 0.128. The van der Waals surface area contributed by atoms with Crippen molar-refractivity contribution in [1.29, 1.82) is 0 Å². The molecule has 1 atom stereocenters. The number of fused-ring (bicyclic) bond motifs is 1. The number of guanidine groups is 1. The largest absolute Gasteiger partial charge is 0.493 e. The molecule has 1 aliphatic heterocycles. The molecule has 0 saturated carbocycles. The molecule has 0 bridgehead atoms. The molecule has 0 radical (unpaired) electrons. The highest BCUT2D eigenvalue weighted by Crippen LogP contribution is 2.31. The molecule has 0 aliphatic carbocycles. The number of ether oxygens (including phenoxy) is 1. The third kappa shape index (κ3) is 4.17. The van der Waals surface area contributed by atoms with Crippen LogP contribution in [0.1, 0.15) is 41.0 Å². The molecule has 1 aliphatic rings. The summed E-state index contributed by atoms with van der Waals surface area (Å²) in [4.78, 5) is 6.99. The Kier molecular flexibility index (Phi) is 5.74. The molecular formula is C22H28N6O2. The maximum atomic E-state index is 5.82. The molecule has 0 fully saturated rings. The second kappa shape index (κ2) is 8.61. The highest BCUT2D eigenvalue weighted by molar-refractivity contribution is 5.80. The van der Waals surface area contributed by atoms with Gasteiger partial charge in [0.2, 0.25) is 0 Å². The van der Waals surface area contributed by atoms with Crippen molar-refractivity contribution in [2.24, 2.45) is 12.0 Å². The quantitative estimate of drug-likeness (QED) is 0.516. The van der Waals surface area contributed by atoms with Crippen LogP contribution in [0.5, 0.6) is 5.75 Å². The number of hydrogen-bond donors (Lipinski definition) is 1. The molecule has 1 N–H and O–H groups in total. The van der Waals surface area contributed by atoms with Crippen LogP contribution in [0.2, 0.25) is 0 Å². The van der Waals surface area contributed by atoms with Gasteiger partial charge >= 0.3 is 0 Å². The highest BCUT2D eigenvalue weighted by atomic mass is 16.5. The van der Waals surface area contributed by atoms with Crippen molar-refractivity contribution >= 4 is 5.96 Å². The number of hydrogen-bond acceptors (Lipinski definition) is 5. The standard InChI is InChI=1S/C22H28N6O2/c1-15-17(9-11-29-15)14-27(3)22(23-13-21-26-25-16(2)28(21)4)24-19-10-12-30-20-8-6-5-7-18(19)20/h5-9,11,19H,10,12-14H2,1-4H3,(H,23,24). The van der Waals surface area contributed by atoms with Gasteiger partial charge in [-0.1, -0.05) is 18.2 Å². The van der Waals surface area contributed by atoms with Crippen LogP contribution < -0.4 is 10.1 Å². The van der Waals surface area contributed by atoms with E-state index in [4.69, 9.17) is 14.1 Å². The average molecular weight is 409 g/mol. The number of para-hydroxylation sites is 1. The van der Waals surface area contributed by atoms with Crippen LogP contribution >= 0.6 is 0 Å². The van der Waals surface area contributed by atoms with Crippen molar-refractivity contribution in [3.8, 4) is 5.75 Å². The van der Waals surface area contributed by atoms with Crippen LogP contribution in [0.4, 0.5) is 0 Å². The summed E-state index contributed by atoms with van der Waals surface area (Å²) >= 11 is 0. The lowest BCUT2D eigenvalue weighted by Crippen LogP contribution is -2.42. The van der Waals surface area contributed by atoms with E-state index in [-0.39, 0.29) is 6.04 Å². The Morgan fingerprint density at radius 2 is 2.10 bits per heavy atom. The van der Waals surface area contributed by atoms with E-state index < -0.39 is 0 Å². The summed E-state index contributed by atoms with van der Waals surface area (Å²) in [6.45, 7) is 5.72. The molecular weight excluding hydrogens is 380 g/mol. The average Bonchev–Trinajstić information content (AvgIpc) is 3.30. The van der Waals surface area contributed by atoms with Crippen molar-refractivity contribution in [3.05, 3.63) is 65.1 Å². The van der Waals surface area contributed by atoms with E-state index in [1.165, 1.54) is 0 Å². The van der Waals surface area contributed by atoms with E-state index in [2.05, 4.69) is 26.5 Å². The fourth-order valence-electron chi connectivity index (χ4n) is 3.56. The van der Waals surface area contributed by atoms with Gasteiger partial charge in [-0.05, 0) is 26.0 Å². The number of benzene rings is 1. The third-order valence-electron chi connectivity index (χ3n) is 5.55. The fourth-order valence-corrected chi connectivity index (χ4v) is 3.56. The van der Waals surface area contributed by atoms with Crippen LogP contribution in [0.15, 0.2) is 46.0 Å². The monoisotopic (exact) mass is 408 g/mol. The lowest BCUT2D eigenvalue weighted by molar-refractivity contribution is 0.259. The van der Waals surface area contributed by atoms with Gasteiger partial charge in [-0.25, -0.2) is 4.99 Å². The molecule has 8 nitrogen and oxygen atoms in total. The molecule has 0 saturated heterocycles. The number of aromatic nitrogens is 3. The molecule has 30 heavy (non-hydrogen) atoms. The van der Waals surface area contributed by atoms with E-state index in [1.54, 1.807) is 6.26 Å². The van der Waals surface area contributed by atoms with Gasteiger partial charge < -0.3 is 23.9 Å². The number of aryl methyl sites for hydroxylation is 2. The van der Waals surface area contributed by atoms with Crippen LogP contribution in [-0.2, 0) is 20.1 Å². The summed E-state index contributed by atoms with van der Waals surface area (Å²) < 4.78 is 13.2.